The number of thiol groups is 1. The molecule has 2 aromatic carbocycles. The van der Waals surface area contributed by atoms with Crippen LogP contribution in [0.4, 0.5) is 4.39 Å². The van der Waals surface area contributed by atoms with Gasteiger partial charge in [0.1, 0.15) is 0 Å². The first kappa shape index (κ1) is 14.4. The highest BCUT2D eigenvalue weighted by molar-refractivity contribution is 7.80. The molecule has 20 heavy (non-hydrogen) atoms. The summed E-state index contributed by atoms with van der Waals surface area (Å²) < 4.78 is 19.2. The van der Waals surface area contributed by atoms with Crippen LogP contribution in [0.2, 0.25) is 0 Å². The molecule has 0 aliphatic carbocycles. The van der Waals surface area contributed by atoms with Gasteiger partial charge in [-0.05, 0) is 23.8 Å². The molecule has 2 aromatic rings. The van der Waals surface area contributed by atoms with Crippen LogP contribution in [-0.4, -0.2) is 12.4 Å². The Morgan fingerprint density at radius 2 is 1.95 bits per heavy atom. The summed E-state index contributed by atoms with van der Waals surface area (Å²) in [4.78, 5) is 0. The van der Waals surface area contributed by atoms with Crippen molar-refractivity contribution in [2.75, 3.05) is 12.4 Å². The Morgan fingerprint density at radius 1 is 1.20 bits per heavy atom. The molecular formula is C16H14FNOS. The third kappa shape index (κ3) is 3.52. The van der Waals surface area contributed by atoms with Gasteiger partial charge in [0, 0.05) is 11.7 Å². The predicted molar refractivity (Wildman–Crippen MR) is 79.6 cm³/mol. The van der Waals surface area contributed by atoms with Crippen LogP contribution in [0, 0.1) is 17.1 Å². The molecule has 0 aliphatic heterocycles. The average Bonchev–Trinajstić information content (AvgIpc) is 2.50. The third-order valence-corrected chi connectivity index (χ3v) is 3.43. The van der Waals surface area contributed by atoms with Gasteiger partial charge >= 0.3 is 0 Å². The van der Waals surface area contributed by atoms with Gasteiger partial charge in [-0.1, -0.05) is 30.3 Å². The van der Waals surface area contributed by atoms with Crippen molar-refractivity contribution in [3.63, 3.8) is 0 Å². The fourth-order valence-corrected chi connectivity index (χ4v) is 2.17. The van der Waals surface area contributed by atoms with Gasteiger partial charge in [0.15, 0.2) is 11.6 Å². The van der Waals surface area contributed by atoms with Gasteiger partial charge < -0.3 is 4.74 Å². The number of nitriles is 1. The summed E-state index contributed by atoms with van der Waals surface area (Å²) >= 11 is 4.31. The van der Waals surface area contributed by atoms with Crippen LogP contribution >= 0.6 is 12.6 Å². The molecule has 0 spiro atoms. The summed E-state index contributed by atoms with van der Waals surface area (Å²) in [5.41, 5.74) is 1.39. The number of rotatable bonds is 5. The van der Waals surface area contributed by atoms with E-state index in [1.54, 1.807) is 0 Å². The van der Waals surface area contributed by atoms with Gasteiger partial charge in [0.25, 0.3) is 0 Å². The Bertz CT molecular complexity index is 610. The number of hydrogen-bond acceptors (Lipinski definition) is 3. The number of benzene rings is 2. The van der Waals surface area contributed by atoms with Crippen LogP contribution in [-0.2, 0) is 0 Å². The first-order valence-corrected chi connectivity index (χ1v) is 6.86. The zero-order chi connectivity index (χ0) is 14.4. The van der Waals surface area contributed by atoms with Crippen LogP contribution in [0.25, 0.3) is 0 Å². The highest BCUT2D eigenvalue weighted by atomic mass is 32.1. The van der Waals surface area contributed by atoms with E-state index < -0.39 is 5.82 Å². The molecule has 0 bridgehead atoms. The van der Waals surface area contributed by atoms with E-state index in [0.717, 1.165) is 5.56 Å². The summed E-state index contributed by atoms with van der Waals surface area (Å²) in [6.45, 7) is 0.344. The molecule has 0 heterocycles. The first-order chi connectivity index (χ1) is 9.74. The van der Waals surface area contributed by atoms with Crippen LogP contribution in [0.5, 0.6) is 5.75 Å². The highest BCUT2D eigenvalue weighted by Crippen LogP contribution is 2.22. The quantitative estimate of drug-likeness (QED) is 0.849. The Balaban J connectivity index is 2.06. The second-order valence-electron chi connectivity index (χ2n) is 4.36. The zero-order valence-electron chi connectivity index (χ0n) is 10.8. The van der Waals surface area contributed by atoms with Crippen molar-refractivity contribution in [1.82, 2.24) is 0 Å². The molecule has 0 aromatic heterocycles. The minimum Gasteiger partial charge on any atom is -0.490 e. The fourth-order valence-electron chi connectivity index (χ4n) is 1.86. The van der Waals surface area contributed by atoms with Crippen LogP contribution in [0.1, 0.15) is 17.0 Å². The molecule has 0 amide bonds. The van der Waals surface area contributed by atoms with Crippen molar-refractivity contribution < 1.29 is 9.13 Å². The number of halogens is 1. The van der Waals surface area contributed by atoms with Crippen LogP contribution in [0.15, 0.2) is 48.5 Å². The second kappa shape index (κ2) is 6.97. The van der Waals surface area contributed by atoms with E-state index in [0.29, 0.717) is 12.4 Å². The van der Waals surface area contributed by atoms with Gasteiger partial charge in [-0.15, -0.1) is 0 Å². The summed E-state index contributed by atoms with van der Waals surface area (Å²) in [5.74, 6) is 0.346. The minimum absolute atomic E-state index is 0.0922. The maximum Gasteiger partial charge on any atom is 0.166 e. The highest BCUT2D eigenvalue weighted by Gasteiger charge is 2.12. The van der Waals surface area contributed by atoms with Gasteiger partial charge in [0.2, 0.25) is 0 Å². The van der Waals surface area contributed by atoms with E-state index >= 15 is 0 Å². The summed E-state index contributed by atoms with van der Waals surface area (Å²) in [5, 5.41) is 8.69. The molecule has 0 aliphatic rings. The fraction of sp³-hybridized carbons (Fsp3) is 0.188. The standard InChI is InChI=1S/C16H14FNOS/c17-15-8-12(9-18)6-7-16(15)19-10-14(11-20)13-4-2-1-3-5-13/h1-8,14,20H,10-11H2. The van der Waals surface area contributed by atoms with Crippen molar-refractivity contribution >= 4 is 12.6 Å². The topological polar surface area (TPSA) is 33.0 Å². The molecular weight excluding hydrogens is 273 g/mol. The molecule has 2 rings (SSSR count). The van der Waals surface area contributed by atoms with E-state index in [9.17, 15) is 4.39 Å². The van der Waals surface area contributed by atoms with E-state index in [4.69, 9.17) is 10.00 Å². The van der Waals surface area contributed by atoms with Crippen molar-refractivity contribution in [1.29, 1.82) is 5.26 Å². The van der Waals surface area contributed by atoms with Crippen LogP contribution < -0.4 is 4.74 Å². The summed E-state index contributed by atoms with van der Waals surface area (Å²) in [7, 11) is 0. The van der Waals surface area contributed by atoms with Crippen molar-refractivity contribution in [3.05, 3.63) is 65.5 Å². The van der Waals surface area contributed by atoms with Gasteiger partial charge in [0.05, 0.1) is 18.2 Å². The molecule has 4 heteroatoms. The van der Waals surface area contributed by atoms with Crippen molar-refractivity contribution in [2.24, 2.45) is 0 Å². The SMILES string of the molecule is N#Cc1ccc(OCC(CS)c2ccccc2)c(F)c1. The molecule has 1 atom stereocenters. The molecule has 0 fully saturated rings. The largest absolute Gasteiger partial charge is 0.490 e. The Morgan fingerprint density at radius 3 is 2.55 bits per heavy atom. The molecule has 0 radical (unpaired) electrons. The maximum atomic E-state index is 13.7. The molecule has 1 unspecified atom stereocenters. The lowest BCUT2D eigenvalue weighted by Crippen LogP contribution is -2.12. The summed E-state index contributed by atoms with van der Waals surface area (Å²) in [6, 6.07) is 15.9. The molecule has 0 N–H and O–H groups in total. The molecule has 0 saturated carbocycles. The predicted octanol–water partition coefficient (Wildman–Crippen LogP) is 3.79. The lowest BCUT2D eigenvalue weighted by molar-refractivity contribution is 0.283. The zero-order valence-corrected chi connectivity index (χ0v) is 11.7. The van der Waals surface area contributed by atoms with Crippen molar-refractivity contribution in [3.8, 4) is 11.8 Å². The van der Waals surface area contributed by atoms with E-state index in [1.807, 2.05) is 36.4 Å². The van der Waals surface area contributed by atoms with Crippen molar-refractivity contribution in [2.45, 2.75) is 5.92 Å². The van der Waals surface area contributed by atoms with E-state index in [2.05, 4.69) is 12.6 Å². The van der Waals surface area contributed by atoms with Gasteiger partial charge in [-0.3, -0.25) is 0 Å². The molecule has 0 saturated heterocycles. The van der Waals surface area contributed by atoms with E-state index in [-0.39, 0.29) is 17.2 Å². The molecule has 102 valence electrons. The lowest BCUT2D eigenvalue weighted by Gasteiger charge is -2.16. The number of ether oxygens (including phenoxy) is 1. The van der Waals surface area contributed by atoms with Gasteiger partial charge in [-0.2, -0.15) is 17.9 Å². The Labute approximate surface area is 123 Å². The van der Waals surface area contributed by atoms with E-state index in [1.165, 1.54) is 18.2 Å². The maximum absolute atomic E-state index is 13.7. The minimum atomic E-state index is -0.518. The monoisotopic (exact) mass is 287 g/mol. The smallest absolute Gasteiger partial charge is 0.166 e. The number of nitrogens with zero attached hydrogens (tertiary/aromatic N) is 1. The second-order valence-corrected chi connectivity index (χ2v) is 4.72. The van der Waals surface area contributed by atoms with Gasteiger partial charge in [-0.25, -0.2) is 4.39 Å². The Hall–Kier alpha value is -1.99. The normalized spacial score (nSPS) is 11.7. The number of hydrogen-bond donors (Lipinski definition) is 1. The summed E-state index contributed by atoms with van der Waals surface area (Å²) in [6.07, 6.45) is 0. The average molecular weight is 287 g/mol. The third-order valence-electron chi connectivity index (χ3n) is 2.99. The first-order valence-electron chi connectivity index (χ1n) is 6.23. The van der Waals surface area contributed by atoms with Crippen LogP contribution in [0.3, 0.4) is 0 Å². The molecule has 2 nitrogen and oxygen atoms in total. The Kier molecular flexibility index (Phi) is 5.03. The lowest BCUT2D eigenvalue weighted by atomic mass is 10.0.